The lowest BCUT2D eigenvalue weighted by Gasteiger charge is -2.18. The molecular formula is C11H17N3O4. The van der Waals surface area contributed by atoms with Crippen molar-refractivity contribution in [2.75, 3.05) is 27.3 Å². The second-order valence-corrected chi connectivity index (χ2v) is 4.60. The summed E-state index contributed by atoms with van der Waals surface area (Å²) in [6.07, 6.45) is 0.0405. The minimum absolute atomic E-state index is 0.0405. The predicted octanol–water partition coefficient (Wildman–Crippen LogP) is -1.91. The van der Waals surface area contributed by atoms with Crippen LogP contribution in [0.25, 0.3) is 0 Å². The molecule has 2 N–H and O–H groups in total. The normalized spacial score (nSPS) is 32.1. The molecule has 3 amide bonds. The molecule has 0 aliphatic carbocycles. The lowest BCUT2D eigenvalue weighted by Crippen LogP contribution is -2.48. The smallest absolute Gasteiger partial charge is 0.252 e. The Morgan fingerprint density at radius 1 is 1.39 bits per heavy atom. The van der Waals surface area contributed by atoms with Crippen molar-refractivity contribution in [1.82, 2.24) is 15.5 Å². The first-order valence-electron chi connectivity index (χ1n) is 5.90. The Labute approximate surface area is 105 Å². The summed E-state index contributed by atoms with van der Waals surface area (Å²) in [4.78, 5) is 36.1. The van der Waals surface area contributed by atoms with Crippen LogP contribution in [0.2, 0.25) is 0 Å². The van der Waals surface area contributed by atoms with E-state index >= 15 is 0 Å². The van der Waals surface area contributed by atoms with Gasteiger partial charge in [-0.2, -0.15) is 0 Å². The lowest BCUT2D eigenvalue weighted by atomic mass is 10.0. The van der Waals surface area contributed by atoms with Crippen LogP contribution in [0.15, 0.2) is 0 Å². The summed E-state index contributed by atoms with van der Waals surface area (Å²) in [6, 6.07) is -0.775. The summed E-state index contributed by atoms with van der Waals surface area (Å²) < 4.78 is 5.23. The van der Waals surface area contributed by atoms with Gasteiger partial charge in [0, 0.05) is 13.1 Å². The monoisotopic (exact) mass is 255 g/mol. The molecule has 7 nitrogen and oxygen atoms in total. The Bertz CT molecular complexity index is 384. The Morgan fingerprint density at radius 2 is 2.11 bits per heavy atom. The van der Waals surface area contributed by atoms with E-state index in [0.29, 0.717) is 13.2 Å². The fourth-order valence-electron chi connectivity index (χ4n) is 2.24. The number of hydrogen-bond donors (Lipinski definition) is 2. The van der Waals surface area contributed by atoms with Gasteiger partial charge in [-0.1, -0.05) is 0 Å². The number of likely N-dealkylation sites (N-methyl/N-ethyl adjacent to an activating group) is 2. The van der Waals surface area contributed by atoms with Gasteiger partial charge in [-0.15, -0.1) is 0 Å². The molecule has 0 bridgehead atoms. The number of hydrogen-bond acceptors (Lipinski definition) is 5. The van der Waals surface area contributed by atoms with Crippen molar-refractivity contribution in [3.05, 3.63) is 0 Å². The van der Waals surface area contributed by atoms with Gasteiger partial charge in [-0.25, -0.2) is 0 Å². The van der Waals surface area contributed by atoms with Crippen molar-refractivity contribution in [3.8, 4) is 0 Å². The number of nitrogens with one attached hydrogen (secondary N) is 2. The van der Waals surface area contributed by atoms with E-state index in [0.717, 1.165) is 4.90 Å². The van der Waals surface area contributed by atoms with Crippen LogP contribution in [0.1, 0.15) is 6.42 Å². The highest BCUT2D eigenvalue weighted by Crippen LogP contribution is 2.16. The minimum Gasteiger partial charge on any atom is -0.379 e. The predicted molar refractivity (Wildman–Crippen MR) is 61.5 cm³/mol. The summed E-state index contributed by atoms with van der Waals surface area (Å²) in [5, 5.41) is 5.63. The fourth-order valence-corrected chi connectivity index (χ4v) is 2.24. The number of rotatable bonds is 3. The summed E-state index contributed by atoms with van der Waals surface area (Å²) in [7, 11) is 3.18. The van der Waals surface area contributed by atoms with Crippen LogP contribution in [0.4, 0.5) is 0 Å². The molecule has 18 heavy (non-hydrogen) atoms. The summed E-state index contributed by atoms with van der Waals surface area (Å²) in [5.74, 6) is -1.18. The molecule has 2 aliphatic rings. The molecule has 0 aromatic rings. The van der Waals surface area contributed by atoms with Gasteiger partial charge in [0.05, 0.1) is 25.6 Å². The molecule has 3 unspecified atom stereocenters. The third kappa shape index (κ3) is 2.23. The lowest BCUT2D eigenvalue weighted by molar-refractivity contribution is -0.138. The van der Waals surface area contributed by atoms with E-state index in [1.165, 1.54) is 7.05 Å². The maximum Gasteiger partial charge on any atom is 0.252 e. The van der Waals surface area contributed by atoms with Crippen LogP contribution in [-0.2, 0) is 19.1 Å². The first kappa shape index (κ1) is 13.0. The third-order valence-corrected chi connectivity index (χ3v) is 3.49. The maximum absolute atomic E-state index is 12.0. The van der Waals surface area contributed by atoms with Crippen molar-refractivity contribution >= 4 is 17.7 Å². The molecule has 7 heteroatoms. The Morgan fingerprint density at radius 3 is 2.67 bits per heavy atom. The molecule has 2 heterocycles. The molecule has 2 aliphatic heterocycles. The van der Waals surface area contributed by atoms with Crippen LogP contribution in [0.3, 0.4) is 0 Å². The Balaban J connectivity index is 1.96. The van der Waals surface area contributed by atoms with E-state index in [4.69, 9.17) is 4.74 Å². The van der Waals surface area contributed by atoms with Gasteiger partial charge >= 0.3 is 0 Å². The van der Waals surface area contributed by atoms with E-state index in [-0.39, 0.29) is 36.1 Å². The van der Waals surface area contributed by atoms with Crippen molar-refractivity contribution in [2.24, 2.45) is 5.92 Å². The van der Waals surface area contributed by atoms with Crippen LogP contribution in [0.5, 0.6) is 0 Å². The number of nitrogens with zero attached hydrogens (tertiary/aromatic N) is 1. The first-order valence-corrected chi connectivity index (χ1v) is 5.90. The van der Waals surface area contributed by atoms with E-state index in [1.54, 1.807) is 7.05 Å². The molecule has 0 saturated carbocycles. The Hall–Kier alpha value is -1.47. The number of likely N-dealkylation sites (tertiary alicyclic amines) is 1. The molecule has 0 aromatic carbocycles. The average Bonchev–Trinajstić information content (AvgIpc) is 2.91. The zero-order valence-electron chi connectivity index (χ0n) is 10.4. The molecule has 0 aromatic heterocycles. The van der Waals surface area contributed by atoms with Crippen LogP contribution < -0.4 is 10.6 Å². The van der Waals surface area contributed by atoms with Gasteiger partial charge in [0.25, 0.3) is 5.91 Å². The van der Waals surface area contributed by atoms with E-state index in [2.05, 4.69) is 10.6 Å². The number of imide groups is 1. The molecule has 0 radical (unpaired) electrons. The first-order chi connectivity index (χ1) is 8.54. The van der Waals surface area contributed by atoms with Gasteiger partial charge in [0.1, 0.15) is 6.04 Å². The van der Waals surface area contributed by atoms with Gasteiger partial charge in [-0.05, 0) is 7.05 Å². The molecular weight excluding hydrogens is 238 g/mol. The molecule has 2 saturated heterocycles. The second-order valence-electron chi connectivity index (χ2n) is 4.60. The number of carbonyl (C=O) groups excluding carboxylic acids is 3. The summed E-state index contributed by atoms with van der Waals surface area (Å²) in [6.45, 7) is 0.814. The van der Waals surface area contributed by atoms with Crippen molar-refractivity contribution in [1.29, 1.82) is 0 Å². The summed E-state index contributed by atoms with van der Waals surface area (Å²) >= 11 is 0. The molecule has 2 rings (SSSR count). The van der Waals surface area contributed by atoms with Gasteiger partial charge in [0.15, 0.2) is 0 Å². The Kier molecular flexibility index (Phi) is 3.63. The zero-order valence-corrected chi connectivity index (χ0v) is 10.4. The highest BCUT2D eigenvalue weighted by molar-refractivity contribution is 6.06. The maximum atomic E-state index is 12.0. The standard InChI is InChI=1S/C11H17N3O4/c1-12-8-5-18-4-6(8)10(16)13-7-3-9(15)14(2)11(7)17/h6-8,12H,3-5H2,1-2H3,(H,13,16). The van der Waals surface area contributed by atoms with E-state index < -0.39 is 6.04 Å². The van der Waals surface area contributed by atoms with Crippen LogP contribution in [0, 0.1) is 5.92 Å². The van der Waals surface area contributed by atoms with Crippen LogP contribution in [-0.4, -0.2) is 62.0 Å². The SMILES string of the molecule is CNC1COCC1C(=O)NC1CC(=O)N(C)C1=O. The third-order valence-electron chi connectivity index (χ3n) is 3.49. The van der Waals surface area contributed by atoms with Gasteiger partial charge < -0.3 is 15.4 Å². The fraction of sp³-hybridized carbons (Fsp3) is 0.727. The van der Waals surface area contributed by atoms with E-state index in [9.17, 15) is 14.4 Å². The zero-order chi connectivity index (χ0) is 13.3. The number of carbonyl (C=O) groups is 3. The molecule has 100 valence electrons. The van der Waals surface area contributed by atoms with Gasteiger partial charge in [-0.3, -0.25) is 19.3 Å². The quantitative estimate of drug-likeness (QED) is 0.575. The second kappa shape index (κ2) is 5.03. The minimum atomic E-state index is -0.729. The van der Waals surface area contributed by atoms with E-state index in [1.807, 2.05) is 0 Å². The average molecular weight is 255 g/mol. The molecule has 0 spiro atoms. The van der Waals surface area contributed by atoms with Gasteiger partial charge in [0.2, 0.25) is 11.8 Å². The topological polar surface area (TPSA) is 87.7 Å². The largest absolute Gasteiger partial charge is 0.379 e. The molecule has 2 fully saturated rings. The van der Waals surface area contributed by atoms with Crippen molar-refractivity contribution < 1.29 is 19.1 Å². The van der Waals surface area contributed by atoms with Crippen LogP contribution >= 0.6 is 0 Å². The van der Waals surface area contributed by atoms with Crippen molar-refractivity contribution in [3.63, 3.8) is 0 Å². The number of ether oxygens (including phenoxy) is 1. The highest BCUT2D eigenvalue weighted by Gasteiger charge is 2.40. The number of amides is 3. The molecule has 3 atom stereocenters. The van der Waals surface area contributed by atoms with Crippen molar-refractivity contribution in [2.45, 2.75) is 18.5 Å². The summed E-state index contributed by atoms with van der Waals surface area (Å²) in [5.41, 5.74) is 0. The highest BCUT2D eigenvalue weighted by atomic mass is 16.5.